The average molecular weight is 292 g/mol. The van der Waals surface area contributed by atoms with Gasteiger partial charge in [-0.05, 0) is 25.7 Å². The molecule has 7 heteroatoms. The molecule has 2 fully saturated rings. The second-order valence-corrected chi connectivity index (χ2v) is 7.38. The first-order valence-corrected chi connectivity index (χ1v) is 8.43. The number of hydrogen-bond donors (Lipinski definition) is 1. The molecule has 0 aliphatic carbocycles. The standard InChI is InChI=1S/C11H20N2O3S2/c12-11(17)10-5-1-2-6-13(10)18(14,15)8-9-4-3-7-16-9/h9-10H,1-8H2,(H2,12,17). The molecule has 2 rings (SSSR count). The Labute approximate surface area is 114 Å². The molecular formula is C11H20N2O3S2. The van der Waals surface area contributed by atoms with Gasteiger partial charge in [-0.1, -0.05) is 18.6 Å². The van der Waals surface area contributed by atoms with Crippen LogP contribution in [-0.2, 0) is 14.8 Å². The van der Waals surface area contributed by atoms with Gasteiger partial charge in [0.05, 0.1) is 22.9 Å². The molecule has 2 saturated heterocycles. The Morgan fingerprint density at radius 3 is 2.72 bits per heavy atom. The quantitative estimate of drug-likeness (QED) is 0.770. The van der Waals surface area contributed by atoms with Crippen LogP contribution in [0.15, 0.2) is 0 Å². The predicted octanol–water partition coefficient (Wildman–Crippen LogP) is 0.636. The van der Waals surface area contributed by atoms with Crippen LogP contribution in [-0.4, -0.2) is 48.8 Å². The fourth-order valence-electron chi connectivity index (χ4n) is 2.63. The second kappa shape index (κ2) is 5.81. The van der Waals surface area contributed by atoms with Gasteiger partial charge in [0.25, 0.3) is 0 Å². The Morgan fingerprint density at radius 2 is 2.11 bits per heavy atom. The summed E-state index contributed by atoms with van der Waals surface area (Å²) in [4.78, 5) is 0.283. The lowest BCUT2D eigenvalue weighted by Crippen LogP contribution is -2.51. The summed E-state index contributed by atoms with van der Waals surface area (Å²) in [5.41, 5.74) is 5.66. The van der Waals surface area contributed by atoms with Crippen LogP contribution in [0.1, 0.15) is 32.1 Å². The zero-order valence-corrected chi connectivity index (χ0v) is 12.0. The predicted molar refractivity (Wildman–Crippen MR) is 73.9 cm³/mol. The molecule has 0 aromatic rings. The van der Waals surface area contributed by atoms with Crippen molar-refractivity contribution in [2.24, 2.45) is 5.73 Å². The Bertz CT molecular complexity index is 405. The van der Waals surface area contributed by atoms with E-state index in [1.165, 1.54) is 4.31 Å². The van der Waals surface area contributed by atoms with Gasteiger partial charge in [0.2, 0.25) is 10.0 Å². The molecule has 0 radical (unpaired) electrons. The van der Waals surface area contributed by atoms with E-state index in [2.05, 4.69) is 0 Å². The fourth-order valence-corrected chi connectivity index (χ4v) is 4.88. The van der Waals surface area contributed by atoms with E-state index in [-0.39, 0.29) is 22.9 Å². The first-order valence-electron chi connectivity index (χ1n) is 6.41. The Morgan fingerprint density at radius 1 is 1.33 bits per heavy atom. The van der Waals surface area contributed by atoms with Crippen molar-refractivity contribution in [2.75, 3.05) is 18.9 Å². The van der Waals surface area contributed by atoms with E-state index in [1.807, 2.05) is 0 Å². The van der Waals surface area contributed by atoms with Gasteiger partial charge in [0.15, 0.2) is 0 Å². The number of rotatable bonds is 4. The summed E-state index contributed by atoms with van der Waals surface area (Å²) in [5.74, 6) is 0.0616. The van der Waals surface area contributed by atoms with Crippen molar-refractivity contribution in [3.05, 3.63) is 0 Å². The van der Waals surface area contributed by atoms with Crippen molar-refractivity contribution in [2.45, 2.75) is 44.2 Å². The molecule has 104 valence electrons. The van der Waals surface area contributed by atoms with Crippen molar-refractivity contribution < 1.29 is 13.2 Å². The highest BCUT2D eigenvalue weighted by Crippen LogP contribution is 2.23. The van der Waals surface area contributed by atoms with Crippen LogP contribution >= 0.6 is 12.2 Å². The third-order valence-corrected chi connectivity index (χ3v) is 5.78. The van der Waals surface area contributed by atoms with Gasteiger partial charge in [0.1, 0.15) is 0 Å². The van der Waals surface area contributed by atoms with Gasteiger partial charge in [-0.2, -0.15) is 4.31 Å². The van der Waals surface area contributed by atoms with Crippen molar-refractivity contribution in [3.63, 3.8) is 0 Å². The lowest BCUT2D eigenvalue weighted by Gasteiger charge is -2.34. The van der Waals surface area contributed by atoms with E-state index in [0.29, 0.717) is 13.2 Å². The van der Waals surface area contributed by atoms with Crippen molar-refractivity contribution in [3.8, 4) is 0 Å². The number of piperidine rings is 1. The lowest BCUT2D eigenvalue weighted by molar-refractivity contribution is 0.126. The zero-order chi connectivity index (χ0) is 13.2. The molecule has 2 N–H and O–H groups in total. The van der Waals surface area contributed by atoms with Crippen molar-refractivity contribution in [1.29, 1.82) is 0 Å². The van der Waals surface area contributed by atoms with Crippen LogP contribution in [0, 0.1) is 0 Å². The van der Waals surface area contributed by atoms with E-state index in [0.717, 1.165) is 32.1 Å². The second-order valence-electron chi connectivity index (χ2n) is 4.94. The summed E-state index contributed by atoms with van der Waals surface area (Å²) in [5, 5.41) is 0. The Balaban J connectivity index is 2.08. The van der Waals surface area contributed by atoms with Crippen LogP contribution in [0.2, 0.25) is 0 Å². The fraction of sp³-hybridized carbons (Fsp3) is 0.909. The monoisotopic (exact) mass is 292 g/mol. The summed E-state index contributed by atoms with van der Waals surface area (Å²) in [7, 11) is -3.32. The third-order valence-electron chi connectivity index (χ3n) is 3.56. The number of thiocarbonyl (C=S) groups is 1. The Kier molecular flexibility index (Phi) is 4.58. The van der Waals surface area contributed by atoms with E-state index in [9.17, 15) is 8.42 Å². The number of ether oxygens (including phenoxy) is 1. The molecule has 0 amide bonds. The maximum absolute atomic E-state index is 12.4. The van der Waals surface area contributed by atoms with Gasteiger partial charge >= 0.3 is 0 Å². The minimum Gasteiger partial charge on any atom is -0.392 e. The number of nitrogens with zero attached hydrogens (tertiary/aromatic N) is 1. The number of nitrogens with two attached hydrogens (primary N) is 1. The van der Waals surface area contributed by atoms with Crippen molar-refractivity contribution >= 4 is 27.2 Å². The first kappa shape index (κ1) is 14.2. The molecule has 0 aromatic heterocycles. The molecule has 2 aliphatic heterocycles. The van der Waals surface area contributed by atoms with E-state index in [4.69, 9.17) is 22.7 Å². The lowest BCUT2D eigenvalue weighted by atomic mass is 10.1. The minimum atomic E-state index is -3.32. The van der Waals surface area contributed by atoms with Gasteiger partial charge in [-0.25, -0.2) is 8.42 Å². The van der Waals surface area contributed by atoms with Crippen LogP contribution in [0.3, 0.4) is 0 Å². The van der Waals surface area contributed by atoms with Gasteiger partial charge in [0, 0.05) is 13.2 Å². The molecule has 0 bridgehead atoms. The number of sulfonamides is 1. The van der Waals surface area contributed by atoms with Crippen LogP contribution in [0.5, 0.6) is 0 Å². The molecule has 0 saturated carbocycles. The highest BCUT2D eigenvalue weighted by atomic mass is 32.2. The van der Waals surface area contributed by atoms with E-state index < -0.39 is 10.0 Å². The third kappa shape index (κ3) is 3.20. The molecule has 2 heterocycles. The summed E-state index contributed by atoms with van der Waals surface area (Å²) in [6.45, 7) is 1.19. The first-order chi connectivity index (χ1) is 8.50. The molecule has 5 nitrogen and oxygen atoms in total. The molecule has 2 unspecified atom stereocenters. The molecule has 18 heavy (non-hydrogen) atoms. The topological polar surface area (TPSA) is 72.6 Å². The highest BCUT2D eigenvalue weighted by Gasteiger charge is 2.36. The molecule has 0 spiro atoms. The Hall–Kier alpha value is -0.240. The number of hydrogen-bond acceptors (Lipinski definition) is 4. The van der Waals surface area contributed by atoms with Gasteiger partial charge in [-0.15, -0.1) is 0 Å². The zero-order valence-electron chi connectivity index (χ0n) is 10.4. The highest BCUT2D eigenvalue weighted by molar-refractivity contribution is 7.89. The van der Waals surface area contributed by atoms with Gasteiger partial charge < -0.3 is 10.5 Å². The SMILES string of the molecule is NC(=S)C1CCCCN1S(=O)(=O)CC1CCCO1. The molecule has 2 aliphatic rings. The largest absolute Gasteiger partial charge is 0.392 e. The van der Waals surface area contributed by atoms with Crippen LogP contribution < -0.4 is 5.73 Å². The normalized spacial score (nSPS) is 30.4. The molecular weight excluding hydrogens is 272 g/mol. The smallest absolute Gasteiger partial charge is 0.217 e. The van der Waals surface area contributed by atoms with Gasteiger partial charge in [-0.3, -0.25) is 0 Å². The molecule has 2 atom stereocenters. The summed E-state index contributed by atoms with van der Waals surface area (Å²) >= 11 is 4.98. The van der Waals surface area contributed by atoms with Crippen LogP contribution in [0.25, 0.3) is 0 Å². The van der Waals surface area contributed by atoms with Crippen LogP contribution in [0.4, 0.5) is 0 Å². The summed E-state index contributed by atoms with van der Waals surface area (Å²) in [6, 6.07) is -0.305. The minimum absolute atomic E-state index is 0.0616. The summed E-state index contributed by atoms with van der Waals surface area (Å²) in [6.07, 6.45) is 4.20. The maximum Gasteiger partial charge on any atom is 0.217 e. The van der Waals surface area contributed by atoms with E-state index >= 15 is 0 Å². The van der Waals surface area contributed by atoms with Crippen molar-refractivity contribution in [1.82, 2.24) is 4.31 Å². The average Bonchev–Trinajstić information content (AvgIpc) is 2.81. The van der Waals surface area contributed by atoms with E-state index in [1.54, 1.807) is 0 Å². The summed E-state index contributed by atoms with van der Waals surface area (Å²) < 4.78 is 31.7. The molecule has 0 aromatic carbocycles. The maximum atomic E-state index is 12.4.